The highest BCUT2D eigenvalue weighted by atomic mass is 16.3. The van der Waals surface area contributed by atoms with Crippen LogP contribution in [0.5, 0.6) is 0 Å². The molecule has 1 aromatic heterocycles. The third-order valence-corrected chi connectivity index (χ3v) is 2.78. The number of hydrogen-bond donors (Lipinski definition) is 0. The van der Waals surface area contributed by atoms with Crippen LogP contribution < -0.4 is 0 Å². The van der Waals surface area contributed by atoms with Crippen molar-refractivity contribution in [3.63, 3.8) is 0 Å². The molecule has 0 saturated carbocycles. The molecule has 0 aliphatic rings. The molecular weight excluding hydrogens is 208 g/mol. The Hall–Kier alpha value is -2.28. The van der Waals surface area contributed by atoms with Gasteiger partial charge in [-0.1, -0.05) is 48.6 Å². The first-order valence-corrected chi connectivity index (χ1v) is 5.61. The molecule has 0 saturated heterocycles. The van der Waals surface area contributed by atoms with Crippen LogP contribution in [0.1, 0.15) is 11.1 Å². The summed E-state index contributed by atoms with van der Waals surface area (Å²) in [5.41, 5.74) is 2.28. The van der Waals surface area contributed by atoms with Gasteiger partial charge < -0.3 is 4.42 Å². The molecule has 2 aromatic carbocycles. The van der Waals surface area contributed by atoms with Gasteiger partial charge in [-0.05, 0) is 28.5 Å². The van der Waals surface area contributed by atoms with Crippen molar-refractivity contribution in [1.82, 2.24) is 0 Å². The van der Waals surface area contributed by atoms with Gasteiger partial charge in [0.25, 0.3) is 0 Å². The lowest BCUT2D eigenvalue weighted by Gasteiger charge is -1.98. The molecule has 3 rings (SSSR count). The Morgan fingerprint density at radius 1 is 0.765 bits per heavy atom. The minimum Gasteiger partial charge on any atom is -0.472 e. The summed E-state index contributed by atoms with van der Waals surface area (Å²) >= 11 is 0. The van der Waals surface area contributed by atoms with Crippen molar-refractivity contribution in [1.29, 1.82) is 0 Å². The van der Waals surface area contributed by atoms with E-state index in [1.807, 2.05) is 12.1 Å². The van der Waals surface area contributed by atoms with Gasteiger partial charge in [0.05, 0.1) is 12.5 Å². The second kappa shape index (κ2) is 4.30. The van der Waals surface area contributed by atoms with E-state index in [4.69, 9.17) is 4.42 Å². The molecule has 0 aliphatic heterocycles. The van der Waals surface area contributed by atoms with Crippen molar-refractivity contribution in [2.45, 2.75) is 0 Å². The van der Waals surface area contributed by atoms with Crippen molar-refractivity contribution >= 4 is 22.9 Å². The van der Waals surface area contributed by atoms with Crippen LogP contribution in [0.15, 0.2) is 65.5 Å². The Balaban J connectivity index is 1.96. The predicted octanol–water partition coefficient (Wildman–Crippen LogP) is 4.60. The largest absolute Gasteiger partial charge is 0.472 e. The highest BCUT2D eigenvalue weighted by Crippen LogP contribution is 2.17. The lowest BCUT2D eigenvalue weighted by molar-refractivity contribution is 0.567. The Labute approximate surface area is 100 Å². The molecule has 1 nitrogen and oxygen atoms in total. The summed E-state index contributed by atoms with van der Waals surface area (Å²) < 4.78 is 5.02. The number of rotatable bonds is 2. The summed E-state index contributed by atoms with van der Waals surface area (Å²) in [7, 11) is 0. The second-order valence-corrected chi connectivity index (χ2v) is 4.00. The molecule has 0 bridgehead atoms. The van der Waals surface area contributed by atoms with E-state index in [0.717, 1.165) is 5.56 Å². The summed E-state index contributed by atoms with van der Waals surface area (Å²) in [5.74, 6) is 0. The molecule has 1 heteroatoms. The summed E-state index contributed by atoms with van der Waals surface area (Å²) in [6, 6.07) is 16.8. The maximum Gasteiger partial charge on any atom is 0.0974 e. The van der Waals surface area contributed by atoms with Crippen LogP contribution >= 0.6 is 0 Å². The summed E-state index contributed by atoms with van der Waals surface area (Å²) in [4.78, 5) is 0. The lowest BCUT2D eigenvalue weighted by atomic mass is 10.1. The highest BCUT2D eigenvalue weighted by molar-refractivity contribution is 5.85. The van der Waals surface area contributed by atoms with E-state index >= 15 is 0 Å². The van der Waals surface area contributed by atoms with Crippen LogP contribution in [0.3, 0.4) is 0 Å². The first-order chi connectivity index (χ1) is 8.42. The molecule has 0 aliphatic carbocycles. The number of furan rings is 1. The zero-order valence-electron chi connectivity index (χ0n) is 9.34. The fraction of sp³-hybridized carbons (Fsp3) is 0. The summed E-state index contributed by atoms with van der Waals surface area (Å²) in [6.45, 7) is 0. The number of hydrogen-bond acceptors (Lipinski definition) is 1. The van der Waals surface area contributed by atoms with Gasteiger partial charge in [-0.2, -0.15) is 0 Å². The average Bonchev–Trinajstić information content (AvgIpc) is 2.89. The third kappa shape index (κ3) is 2.13. The van der Waals surface area contributed by atoms with Gasteiger partial charge in [0.15, 0.2) is 0 Å². The molecule has 0 N–H and O–H groups in total. The average molecular weight is 220 g/mol. The van der Waals surface area contributed by atoms with Gasteiger partial charge in [0.1, 0.15) is 0 Å². The van der Waals surface area contributed by atoms with E-state index in [-0.39, 0.29) is 0 Å². The van der Waals surface area contributed by atoms with Gasteiger partial charge in [-0.15, -0.1) is 0 Å². The standard InChI is InChI=1S/C16H12O/c1-2-4-16-11-13(7-8-15(16)3-1)5-6-14-9-10-17-12-14/h1-12H/b6-5-. The molecule has 17 heavy (non-hydrogen) atoms. The van der Waals surface area contributed by atoms with Crippen molar-refractivity contribution in [3.05, 3.63) is 72.2 Å². The molecule has 0 radical (unpaired) electrons. The van der Waals surface area contributed by atoms with Crippen LogP contribution in [0.25, 0.3) is 22.9 Å². The van der Waals surface area contributed by atoms with Crippen molar-refractivity contribution in [3.8, 4) is 0 Å². The molecular formula is C16H12O. The van der Waals surface area contributed by atoms with E-state index in [1.54, 1.807) is 12.5 Å². The number of benzene rings is 2. The topological polar surface area (TPSA) is 13.1 Å². The summed E-state index contributed by atoms with van der Waals surface area (Å²) in [6.07, 6.45) is 7.56. The zero-order valence-corrected chi connectivity index (χ0v) is 9.34. The van der Waals surface area contributed by atoms with Gasteiger partial charge in [-0.3, -0.25) is 0 Å². The number of fused-ring (bicyclic) bond motifs is 1. The normalized spacial score (nSPS) is 11.3. The van der Waals surface area contributed by atoms with E-state index < -0.39 is 0 Å². The predicted molar refractivity (Wildman–Crippen MR) is 71.6 cm³/mol. The molecule has 0 unspecified atom stereocenters. The Morgan fingerprint density at radius 3 is 2.41 bits per heavy atom. The Kier molecular flexibility index (Phi) is 2.51. The highest BCUT2D eigenvalue weighted by Gasteiger charge is 1.93. The molecule has 0 spiro atoms. The monoisotopic (exact) mass is 220 g/mol. The van der Waals surface area contributed by atoms with Crippen LogP contribution in [-0.2, 0) is 0 Å². The maximum absolute atomic E-state index is 5.02. The Morgan fingerprint density at radius 2 is 1.59 bits per heavy atom. The van der Waals surface area contributed by atoms with E-state index in [9.17, 15) is 0 Å². The van der Waals surface area contributed by atoms with Crippen molar-refractivity contribution in [2.75, 3.05) is 0 Å². The van der Waals surface area contributed by atoms with Gasteiger partial charge in [-0.25, -0.2) is 0 Å². The quantitative estimate of drug-likeness (QED) is 0.615. The molecule has 0 atom stereocenters. The van der Waals surface area contributed by atoms with Crippen LogP contribution in [0.2, 0.25) is 0 Å². The molecule has 0 fully saturated rings. The molecule has 3 aromatic rings. The lowest BCUT2D eigenvalue weighted by Crippen LogP contribution is -1.74. The smallest absolute Gasteiger partial charge is 0.0974 e. The molecule has 1 heterocycles. The second-order valence-electron chi connectivity index (χ2n) is 4.00. The first kappa shape index (κ1) is 9.91. The zero-order chi connectivity index (χ0) is 11.5. The molecule has 82 valence electrons. The van der Waals surface area contributed by atoms with Gasteiger partial charge in [0, 0.05) is 5.56 Å². The fourth-order valence-electron chi connectivity index (χ4n) is 1.87. The van der Waals surface area contributed by atoms with Crippen LogP contribution in [0, 0.1) is 0 Å². The fourth-order valence-corrected chi connectivity index (χ4v) is 1.87. The van der Waals surface area contributed by atoms with Crippen LogP contribution in [0.4, 0.5) is 0 Å². The third-order valence-electron chi connectivity index (χ3n) is 2.78. The molecule has 0 amide bonds. The van der Waals surface area contributed by atoms with Crippen LogP contribution in [-0.4, -0.2) is 0 Å². The first-order valence-electron chi connectivity index (χ1n) is 5.61. The van der Waals surface area contributed by atoms with Crippen molar-refractivity contribution in [2.24, 2.45) is 0 Å². The SMILES string of the molecule is C(=C/c1ccc2ccccc2c1)/c1ccoc1. The maximum atomic E-state index is 5.02. The summed E-state index contributed by atoms with van der Waals surface area (Å²) in [5, 5.41) is 2.54. The minimum atomic E-state index is 1.08. The van der Waals surface area contributed by atoms with E-state index in [2.05, 4.69) is 48.5 Å². The van der Waals surface area contributed by atoms with Gasteiger partial charge in [0.2, 0.25) is 0 Å². The van der Waals surface area contributed by atoms with Crippen molar-refractivity contribution < 1.29 is 4.42 Å². The van der Waals surface area contributed by atoms with E-state index in [0.29, 0.717) is 0 Å². The Bertz CT molecular complexity index is 648. The van der Waals surface area contributed by atoms with Gasteiger partial charge >= 0.3 is 0 Å². The minimum absolute atomic E-state index is 1.08. The van der Waals surface area contributed by atoms with E-state index in [1.165, 1.54) is 16.3 Å².